The van der Waals surface area contributed by atoms with E-state index in [4.69, 9.17) is 0 Å². The van der Waals surface area contributed by atoms with Crippen LogP contribution < -0.4 is 16.2 Å². The highest BCUT2D eigenvalue weighted by Gasteiger charge is 2.37. The third-order valence-corrected chi connectivity index (χ3v) is 6.03. The molecule has 3 aromatic rings. The van der Waals surface area contributed by atoms with Crippen LogP contribution in [-0.2, 0) is 0 Å². The molecule has 3 N–H and O–H groups in total. The molecule has 1 aromatic carbocycles. The Morgan fingerprint density at radius 1 is 1.29 bits per heavy atom. The maximum Gasteiger partial charge on any atom is 0.251 e. The lowest BCUT2D eigenvalue weighted by Crippen LogP contribution is -2.50. The van der Waals surface area contributed by atoms with E-state index >= 15 is 0 Å². The smallest absolute Gasteiger partial charge is 0.251 e. The largest absolute Gasteiger partial charge is 0.350 e. The Bertz CT molecular complexity index is 1120. The van der Waals surface area contributed by atoms with Gasteiger partial charge in [0.05, 0.1) is 17.1 Å². The van der Waals surface area contributed by atoms with E-state index in [1.54, 1.807) is 12.1 Å². The van der Waals surface area contributed by atoms with Crippen molar-refractivity contribution in [1.29, 1.82) is 0 Å². The second kappa shape index (κ2) is 6.60. The first-order valence-electron chi connectivity index (χ1n) is 9.77. The number of aryl methyl sites for hydroxylation is 1. The molecule has 0 spiro atoms. The van der Waals surface area contributed by atoms with Crippen LogP contribution >= 0.6 is 0 Å². The van der Waals surface area contributed by atoms with Crippen LogP contribution in [0.25, 0.3) is 11.0 Å². The number of hydrogen-bond acceptors (Lipinski definition) is 4. The number of fused-ring (bicyclic) bond motifs is 5. The predicted octanol–water partition coefficient (Wildman–Crippen LogP) is 1.71. The highest BCUT2D eigenvalue weighted by molar-refractivity contribution is 5.97. The molecule has 3 atom stereocenters. The number of benzene rings is 1. The molecule has 28 heavy (non-hydrogen) atoms. The summed E-state index contributed by atoms with van der Waals surface area (Å²) in [6, 6.07) is 10.9. The summed E-state index contributed by atoms with van der Waals surface area (Å²) in [4.78, 5) is 32.9. The quantitative estimate of drug-likeness (QED) is 0.648. The van der Waals surface area contributed by atoms with E-state index in [-0.39, 0.29) is 17.5 Å². The summed E-state index contributed by atoms with van der Waals surface area (Å²) in [5.74, 6) is 1.39. The third-order valence-electron chi connectivity index (χ3n) is 6.03. The van der Waals surface area contributed by atoms with Gasteiger partial charge >= 0.3 is 0 Å². The number of carbonyl (C=O) groups is 1. The number of aromatic nitrogens is 3. The number of nitrogens with zero attached hydrogens (tertiary/aromatic N) is 2. The van der Waals surface area contributed by atoms with Gasteiger partial charge in [0, 0.05) is 42.9 Å². The fourth-order valence-corrected chi connectivity index (χ4v) is 4.74. The Labute approximate surface area is 162 Å². The molecule has 2 bridgehead atoms. The molecule has 0 aliphatic carbocycles. The van der Waals surface area contributed by atoms with Gasteiger partial charge < -0.3 is 20.2 Å². The summed E-state index contributed by atoms with van der Waals surface area (Å²) in [5.41, 5.74) is 3.38. The van der Waals surface area contributed by atoms with Gasteiger partial charge in [0.25, 0.3) is 11.5 Å². The molecule has 144 valence electrons. The minimum Gasteiger partial charge on any atom is -0.350 e. The molecule has 1 fully saturated rings. The molecular formula is C21H23N5O2. The predicted molar refractivity (Wildman–Crippen MR) is 107 cm³/mol. The lowest BCUT2D eigenvalue weighted by molar-refractivity contribution is 0.0932. The molecule has 0 unspecified atom stereocenters. The zero-order valence-corrected chi connectivity index (χ0v) is 15.7. The Morgan fingerprint density at radius 3 is 3.07 bits per heavy atom. The van der Waals surface area contributed by atoms with E-state index < -0.39 is 0 Å². The topological polar surface area (TPSA) is 91.8 Å². The number of carbonyl (C=O) groups excluding carboxylic acids is 1. The van der Waals surface area contributed by atoms with Crippen molar-refractivity contribution in [3.63, 3.8) is 0 Å². The van der Waals surface area contributed by atoms with Crippen molar-refractivity contribution in [3.8, 4) is 0 Å². The van der Waals surface area contributed by atoms with Gasteiger partial charge in [-0.2, -0.15) is 0 Å². The van der Waals surface area contributed by atoms with E-state index in [2.05, 4.69) is 20.6 Å². The van der Waals surface area contributed by atoms with Crippen LogP contribution in [0.4, 0.5) is 0 Å². The summed E-state index contributed by atoms with van der Waals surface area (Å²) in [6.07, 6.45) is 1.05. The molecule has 2 aliphatic rings. The number of piperidine rings is 1. The first-order chi connectivity index (χ1) is 13.6. The van der Waals surface area contributed by atoms with E-state index in [1.165, 1.54) is 0 Å². The lowest BCUT2D eigenvalue weighted by Gasteiger charge is -2.43. The molecule has 7 nitrogen and oxygen atoms in total. The number of pyridine rings is 1. The van der Waals surface area contributed by atoms with Crippen molar-refractivity contribution in [2.45, 2.75) is 25.3 Å². The molecule has 1 saturated heterocycles. The van der Waals surface area contributed by atoms with Crippen molar-refractivity contribution < 1.29 is 4.79 Å². The standard InChI is InChI=1S/C21H23N5O2/c1-12-24-16-6-5-13(8-17(16)25-12)21(28)23-11-19-15-7-14(9-22-10-15)18-3-2-4-20(27)26(18)19/h2-6,8,14-15,19,22H,7,9-11H2,1H3,(H,23,28)(H,24,25)/t14-,15+,19+/m1/s1. The van der Waals surface area contributed by atoms with Gasteiger partial charge in [-0.3, -0.25) is 9.59 Å². The number of hydrogen-bond donors (Lipinski definition) is 3. The van der Waals surface area contributed by atoms with Crippen LogP contribution in [-0.4, -0.2) is 40.1 Å². The summed E-state index contributed by atoms with van der Waals surface area (Å²) in [5, 5.41) is 6.53. The van der Waals surface area contributed by atoms with Crippen LogP contribution in [0.1, 0.15) is 40.3 Å². The first kappa shape index (κ1) is 17.2. The summed E-state index contributed by atoms with van der Waals surface area (Å²) >= 11 is 0. The number of amides is 1. The highest BCUT2D eigenvalue weighted by atomic mass is 16.1. The number of imidazole rings is 1. The fraction of sp³-hybridized carbons (Fsp3) is 0.381. The van der Waals surface area contributed by atoms with Crippen LogP contribution in [0.15, 0.2) is 41.2 Å². The minimum atomic E-state index is -0.134. The Morgan fingerprint density at radius 2 is 2.18 bits per heavy atom. The molecule has 0 radical (unpaired) electrons. The average Bonchev–Trinajstić information content (AvgIpc) is 3.07. The molecule has 4 heterocycles. The zero-order chi connectivity index (χ0) is 19.3. The number of aromatic amines is 1. The molecular weight excluding hydrogens is 354 g/mol. The average molecular weight is 377 g/mol. The van der Waals surface area contributed by atoms with Gasteiger partial charge in [0.1, 0.15) is 5.82 Å². The molecule has 1 amide bonds. The van der Waals surface area contributed by atoms with Crippen LogP contribution in [0.3, 0.4) is 0 Å². The monoisotopic (exact) mass is 377 g/mol. The fourth-order valence-electron chi connectivity index (χ4n) is 4.74. The Hall–Kier alpha value is -2.93. The molecule has 7 heteroatoms. The van der Waals surface area contributed by atoms with Crippen LogP contribution in [0, 0.1) is 12.8 Å². The summed E-state index contributed by atoms with van der Waals surface area (Å²) < 4.78 is 1.90. The Kier molecular flexibility index (Phi) is 4.05. The second-order valence-corrected chi connectivity index (χ2v) is 7.84. The molecule has 2 aliphatic heterocycles. The van der Waals surface area contributed by atoms with Gasteiger partial charge in [-0.1, -0.05) is 6.07 Å². The maximum atomic E-state index is 12.8. The van der Waals surface area contributed by atoms with E-state index in [0.717, 1.165) is 42.1 Å². The van der Waals surface area contributed by atoms with Gasteiger partial charge in [0.15, 0.2) is 0 Å². The zero-order valence-electron chi connectivity index (χ0n) is 15.7. The summed E-state index contributed by atoms with van der Waals surface area (Å²) in [7, 11) is 0. The number of H-pyrrole nitrogens is 1. The van der Waals surface area contributed by atoms with Crippen LogP contribution in [0.5, 0.6) is 0 Å². The van der Waals surface area contributed by atoms with Crippen molar-refractivity contribution in [3.05, 3.63) is 63.8 Å². The summed E-state index contributed by atoms with van der Waals surface area (Å²) in [6.45, 7) is 4.11. The maximum absolute atomic E-state index is 12.8. The van der Waals surface area contributed by atoms with Crippen LogP contribution in [0.2, 0.25) is 0 Å². The molecule has 5 rings (SSSR count). The van der Waals surface area contributed by atoms with Crippen molar-refractivity contribution in [2.75, 3.05) is 19.6 Å². The third kappa shape index (κ3) is 2.82. The Balaban J connectivity index is 1.40. The van der Waals surface area contributed by atoms with Crippen molar-refractivity contribution >= 4 is 16.9 Å². The van der Waals surface area contributed by atoms with Gasteiger partial charge in [0.2, 0.25) is 0 Å². The van der Waals surface area contributed by atoms with Gasteiger partial charge in [-0.25, -0.2) is 4.98 Å². The van der Waals surface area contributed by atoms with E-state index in [1.807, 2.05) is 35.8 Å². The normalized spacial score (nSPS) is 23.4. The van der Waals surface area contributed by atoms with E-state index in [9.17, 15) is 9.59 Å². The minimum absolute atomic E-state index is 0.0164. The first-order valence-corrected chi connectivity index (χ1v) is 9.77. The molecule has 0 saturated carbocycles. The number of nitrogens with one attached hydrogen (secondary N) is 3. The molecule has 2 aromatic heterocycles. The lowest BCUT2D eigenvalue weighted by atomic mass is 9.79. The van der Waals surface area contributed by atoms with Gasteiger partial charge in [-0.05, 0) is 43.5 Å². The number of rotatable bonds is 3. The highest BCUT2D eigenvalue weighted by Crippen LogP contribution is 2.38. The van der Waals surface area contributed by atoms with Crippen molar-refractivity contribution in [1.82, 2.24) is 25.2 Å². The van der Waals surface area contributed by atoms with Gasteiger partial charge in [-0.15, -0.1) is 0 Å². The second-order valence-electron chi connectivity index (χ2n) is 7.84. The van der Waals surface area contributed by atoms with Crippen molar-refractivity contribution in [2.24, 2.45) is 5.92 Å². The van der Waals surface area contributed by atoms with E-state index in [0.29, 0.717) is 23.9 Å². The SMILES string of the molecule is Cc1nc2ccc(C(=O)NC[C@H]3[C@@H]4CNC[C@@H](C4)c4cccc(=O)n43)cc2[nH]1.